The van der Waals surface area contributed by atoms with Crippen molar-refractivity contribution in [3.05, 3.63) is 42.0 Å². The van der Waals surface area contributed by atoms with E-state index in [1.54, 1.807) is 37.3 Å². The van der Waals surface area contributed by atoms with E-state index in [9.17, 15) is 9.59 Å². The summed E-state index contributed by atoms with van der Waals surface area (Å²) in [5.74, 6) is 0.861. The lowest BCUT2D eigenvalue weighted by molar-refractivity contribution is -0.127. The van der Waals surface area contributed by atoms with Crippen LogP contribution >= 0.6 is 0 Å². The Morgan fingerprint density at radius 3 is 2.28 bits per heavy atom. The van der Waals surface area contributed by atoms with Crippen LogP contribution in [0.4, 0.5) is 0 Å². The van der Waals surface area contributed by atoms with E-state index in [2.05, 4.69) is 4.90 Å². The topological polar surface area (TPSA) is 59.1 Å². The molecule has 0 spiro atoms. The highest BCUT2D eigenvalue weighted by Crippen LogP contribution is 2.27. The number of nitrogens with zero attached hydrogens (tertiary/aromatic N) is 2. The molecule has 6 nitrogen and oxygen atoms in total. The SMILES string of the molecule is COc1ccc(/C=C/C(=O)/C=C/C(=O)N2CCN(C)CC2)cc1OC. The summed E-state index contributed by atoms with van der Waals surface area (Å²) in [5, 5.41) is 0. The molecule has 0 aromatic heterocycles. The minimum Gasteiger partial charge on any atom is -0.493 e. The highest BCUT2D eigenvalue weighted by Gasteiger charge is 2.16. The number of ether oxygens (including phenoxy) is 2. The summed E-state index contributed by atoms with van der Waals surface area (Å²) < 4.78 is 10.4. The molecule has 1 aliphatic rings. The molecule has 0 aliphatic carbocycles. The van der Waals surface area contributed by atoms with Crippen molar-refractivity contribution in [1.82, 2.24) is 9.80 Å². The van der Waals surface area contributed by atoms with Crippen LogP contribution in [-0.2, 0) is 9.59 Å². The molecule has 2 rings (SSSR count). The number of hydrogen-bond donors (Lipinski definition) is 0. The molecule has 0 unspecified atom stereocenters. The number of rotatable bonds is 6. The van der Waals surface area contributed by atoms with E-state index in [-0.39, 0.29) is 11.7 Å². The van der Waals surface area contributed by atoms with Gasteiger partial charge in [-0.15, -0.1) is 0 Å². The van der Waals surface area contributed by atoms with E-state index in [1.165, 1.54) is 18.2 Å². The van der Waals surface area contributed by atoms with Crippen molar-refractivity contribution in [3.63, 3.8) is 0 Å². The summed E-state index contributed by atoms with van der Waals surface area (Å²) in [5.41, 5.74) is 0.810. The number of hydrogen-bond acceptors (Lipinski definition) is 5. The second-order valence-corrected chi connectivity index (χ2v) is 5.81. The van der Waals surface area contributed by atoms with Crippen molar-refractivity contribution in [3.8, 4) is 11.5 Å². The van der Waals surface area contributed by atoms with Gasteiger partial charge >= 0.3 is 0 Å². The molecule has 1 saturated heterocycles. The van der Waals surface area contributed by atoms with Gasteiger partial charge in [-0.1, -0.05) is 12.1 Å². The Bertz CT molecular complexity index is 674. The Morgan fingerprint density at radius 1 is 0.960 bits per heavy atom. The molecule has 1 aromatic carbocycles. The molecule has 1 aromatic rings. The van der Waals surface area contributed by atoms with Crippen LogP contribution in [0.2, 0.25) is 0 Å². The Hall–Kier alpha value is -2.60. The molecule has 0 N–H and O–H groups in total. The maximum Gasteiger partial charge on any atom is 0.246 e. The highest BCUT2D eigenvalue weighted by molar-refractivity contribution is 6.05. The second-order valence-electron chi connectivity index (χ2n) is 5.81. The monoisotopic (exact) mass is 344 g/mol. The van der Waals surface area contributed by atoms with Crippen LogP contribution < -0.4 is 9.47 Å². The number of allylic oxidation sites excluding steroid dienone is 2. The standard InChI is InChI=1S/C19H24N2O4/c1-20-10-12-21(13-11-20)19(23)9-7-16(22)6-4-15-5-8-17(24-2)18(14-15)25-3/h4-9,14H,10-13H2,1-3H3/b6-4+,9-7+. The van der Waals surface area contributed by atoms with Gasteiger partial charge in [0.2, 0.25) is 5.91 Å². The van der Waals surface area contributed by atoms with E-state index >= 15 is 0 Å². The normalized spacial score (nSPS) is 15.7. The third-order valence-electron chi connectivity index (χ3n) is 4.05. The molecule has 1 aliphatic heterocycles. The fourth-order valence-electron chi connectivity index (χ4n) is 2.48. The zero-order valence-corrected chi connectivity index (χ0v) is 14.9. The third-order valence-corrected chi connectivity index (χ3v) is 4.05. The molecule has 134 valence electrons. The zero-order chi connectivity index (χ0) is 18.2. The first-order valence-corrected chi connectivity index (χ1v) is 8.13. The third kappa shape index (κ3) is 5.46. The minimum absolute atomic E-state index is 0.124. The Labute approximate surface area is 148 Å². The van der Waals surface area contributed by atoms with Crippen LogP contribution in [0, 0.1) is 0 Å². The number of amides is 1. The van der Waals surface area contributed by atoms with Gasteiger partial charge in [-0.25, -0.2) is 0 Å². The maximum absolute atomic E-state index is 12.1. The molecule has 25 heavy (non-hydrogen) atoms. The smallest absolute Gasteiger partial charge is 0.246 e. The van der Waals surface area contributed by atoms with Gasteiger partial charge in [-0.3, -0.25) is 9.59 Å². The van der Waals surface area contributed by atoms with E-state index in [0.29, 0.717) is 24.6 Å². The number of carbonyl (C=O) groups excluding carboxylic acids is 2. The molecule has 0 radical (unpaired) electrons. The molecule has 6 heteroatoms. The summed E-state index contributed by atoms with van der Waals surface area (Å²) >= 11 is 0. The van der Waals surface area contributed by atoms with Crippen LogP contribution in [0.1, 0.15) is 5.56 Å². The number of piperazine rings is 1. The Kier molecular flexibility index (Phi) is 6.77. The van der Waals surface area contributed by atoms with Crippen LogP contribution in [0.25, 0.3) is 6.08 Å². The number of carbonyl (C=O) groups is 2. The number of methoxy groups -OCH3 is 2. The quantitative estimate of drug-likeness (QED) is 0.734. The van der Waals surface area contributed by atoms with Crippen molar-refractivity contribution in [2.75, 3.05) is 47.4 Å². The molecular formula is C19H24N2O4. The van der Waals surface area contributed by atoms with Gasteiger partial charge in [0.05, 0.1) is 14.2 Å². The fraction of sp³-hybridized carbons (Fsp3) is 0.368. The highest BCUT2D eigenvalue weighted by atomic mass is 16.5. The molecule has 1 heterocycles. The van der Waals surface area contributed by atoms with Gasteiger partial charge < -0.3 is 19.3 Å². The molecule has 1 fully saturated rings. The van der Waals surface area contributed by atoms with Gasteiger partial charge in [0, 0.05) is 32.3 Å². The maximum atomic E-state index is 12.1. The lowest BCUT2D eigenvalue weighted by Crippen LogP contribution is -2.46. The predicted octanol–water partition coefficient (Wildman–Crippen LogP) is 1.62. The lowest BCUT2D eigenvalue weighted by atomic mass is 10.1. The average molecular weight is 344 g/mol. The minimum atomic E-state index is -0.239. The van der Waals surface area contributed by atoms with Crippen LogP contribution in [-0.4, -0.2) is 68.9 Å². The van der Waals surface area contributed by atoms with Gasteiger partial charge in [0.15, 0.2) is 17.3 Å². The summed E-state index contributed by atoms with van der Waals surface area (Å²) in [7, 11) is 5.16. The number of ketones is 1. The van der Waals surface area contributed by atoms with E-state index in [1.807, 2.05) is 13.1 Å². The van der Waals surface area contributed by atoms with Gasteiger partial charge in [-0.05, 0) is 36.9 Å². The van der Waals surface area contributed by atoms with Gasteiger partial charge in [-0.2, -0.15) is 0 Å². The van der Waals surface area contributed by atoms with E-state index in [4.69, 9.17) is 9.47 Å². The summed E-state index contributed by atoms with van der Waals surface area (Å²) in [6, 6.07) is 5.38. The first kappa shape index (κ1) is 18.7. The van der Waals surface area contributed by atoms with Crippen molar-refractivity contribution < 1.29 is 19.1 Å². The molecule has 0 saturated carbocycles. The predicted molar refractivity (Wildman–Crippen MR) is 96.8 cm³/mol. The molecule has 0 bridgehead atoms. The Balaban J connectivity index is 1.93. The van der Waals surface area contributed by atoms with Gasteiger partial charge in [0.25, 0.3) is 0 Å². The van der Waals surface area contributed by atoms with Crippen LogP contribution in [0.15, 0.2) is 36.4 Å². The molecule has 1 amide bonds. The second kappa shape index (κ2) is 9.03. The molecule has 0 atom stereocenters. The fourth-order valence-corrected chi connectivity index (χ4v) is 2.48. The van der Waals surface area contributed by atoms with E-state index in [0.717, 1.165) is 18.7 Å². The van der Waals surface area contributed by atoms with Crippen molar-refractivity contribution >= 4 is 17.8 Å². The molecular weight excluding hydrogens is 320 g/mol. The summed E-state index contributed by atoms with van der Waals surface area (Å²) in [4.78, 5) is 27.9. The van der Waals surface area contributed by atoms with Gasteiger partial charge in [0.1, 0.15) is 0 Å². The average Bonchev–Trinajstić information content (AvgIpc) is 2.64. The largest absolute Gasteiger partial charge is 0.493 e. The Morgan fingerprint density at radius 2 is 1.64 bits per heavy atom. The van der Waals surface area contributed by atoms with E-state index < -0.39 is 0 Å². The first-order chi connectivity index (χ1) is 12.0. The van der Waals surface area contributed by atoms with Crippen molar-refractivity contribution in [2.24, 2.45) is 0 Å². The van der Waals surface area contributed by atoms with Crippen LogP contribution in [0.5, 0.6) is 11.5 Å². The summed E-state index contributed by atoms with van der Waals surface area (Å²) in [6.45, 7) is 3.09. The first-order valence-electron chi connectivity index (χ1n) is 8.13. The number of likely N-dealkylation sites (N-methyl/N-ethyl adjacent to an activating group) is 1. The zero-order valence-electron chi connectivity index (χ0n) is 14.9. The number of benzene rings is 1. The summed E-state index contributed by atoms with van der Waals surface area (Å²) in [6.07, 6.45) is 5.74. The van der Waals surface area contributed by atoms with Crippen molar-refractivity contribution in [2.45, 2.75) is 0 Å². The van der Waals surface area contributed by atoms with Crippen molar-refractivity contribution in [1.29, 1.82) is 0 Å². The lowest BCUT2D eigenvalue weighted by Gasteiger charge is -2.31. The van der Waals surface area contributed by atoms with Crippen LogP contribution in [0.3, 0.4) is 0 Å².